The molecule has 0 aromatic carbocycles. The highest BCUT2D eigenvalue weighted by Gasteiger charge is 2.51. The van der Waals surface area contributed by atoms with Crippen molar-refractivity contribution in [1.29, 1.82) is 0 Å². The predicted octanol–water partition coefficient (Wildman–Crippen LogP) is 5.01. The monoisotopic (exact) mass is 253 g/mol. The van der Waals surface area contributed by atoms with Gasteiger partial charge in [0.15, 0.2) is 0 Å². The lowest BCUT2D eigenvalue weighted by molar-refractivity contribution is 0.379. The Hall–Kier alpha value is -0.0400. The van der Waals surface area contributed by atoms with Gasteiger partial charge in [-0.3, -0.25) is 0 Å². The van der Waals surface area contributed by atoms with Crippen molar-refractivity contribution in [2.75, 3.05) is 7.05 Å². The van der Waals surface area contributed by atoms with Gasteiger partial charge in [0, 0.05) is 6.04 Å². The molecule has 0 aliphatic heterocycles. The molecule has 4 atom stereocenters. The molecule has 1 fully saturated rings. The van der Waals surface area contributed by atoms with Crippen molar-refractivity contribution in [2.45, 2.75) is 85.1 Å². The lowest BCUT2D eigenvalue weighted by Gasteiger charge is -2.16. The molecule has 1 N–H and O–H groups in total. The van der Waals surface area contributed by atoms with Crippen LogP contribution in [0.3, 0.4) is 0 Å². The summed E-state index contributed by atoms with van der Waals surface area (Å²) in [6, 6.07) is 0.708. The van der Waals surface area contributed by atoms with Crippen LogP contribution in [0.5, 0.6) is 0 Å². The SMILES string of the molecule is CCCC(C)CCCCCC1(C)CC1C(C)NC. The highest BCUT2D eigenvalue weighted by atomic mass is 14.9. The maximum absolute atomic E-state index is 3.41. The van der Waals surface area contributed by atoms with Crippen molar-refractivity contribution in [3.63, 3.8) is 0 Å². The second kappa shape index (κ2) is 7.53. The summed E-state index contributed by atoms with van der Waals surface area (Å²) in [5.41, 5.74) is 0.664. The molecule has 1 rings (SSSR count). The molecule has 1 nitrogen and oxygen atoms in total. The molecule has 1 aliphatic rings. The third-order valence-corrected chi connectivity index (χ3v) is 5.21. The Morgan fingerprint density at radius 3 is 2.50 bits per heavy atom. The number of rotatable bonds is 10. The quantitative estimate of drug-likeness (QED) is 0.540. The molecule has 4 unspecified atom stereocenters. The standard InChI is InChI=1S/C17H35N/c1-6-10-14(2)11-8-7-9-12-17(4)13-16(17)15(3)18-5/h14-16,18H,6-13H2,1-5H3. The van der Waals surface area contributed by atoms with Gasteiger partial charge in [0.25, 0.3) is 0 Å². The first-order valence-corrected chi connectivity index (χ1v) is 8.20. The van der Waals surface area contributed by atoms with Crippen LogP contribution in [-0.2, 0) is 0 Å². The molecule has 0 heterocycles. The van der Waals surface area contributed by atoms with E-state index in [4.69, 9.17) is 0 Å². The van der Waals surface area contributed by atoms with Gasteiger partial charge in [-0.2, -0.15) is 0 Å². The third kappa shape index (κ3) is 4.91. The normalized spacial score (nSPS) is 30.2. The highest BCUT2D eigenvalue weighted by molar-refractivity contribution is 5.02. The third-order valence-electron chi connectivity index (χ3n) is 5.21. The largest absolute Gasteiger partial charge is 0.317 e. The topological polar surface area (TPSA) is 12.0 Å². The van der Waals surface area contributed by atoms with Crippen LogP contribution in [-0.4, -0.2) is 13.1 Å². The molecule has 0 aromatic rings. The minimum absolute atomic E-state index is 0.664. The van der Waals surface area contributed by atoms with E-state index in [1.165, 1.54) is 51.4 Å². The zero-order valence-electron chi connectivity index (χ0n) is 13.4. The second-order valence-corrected chi connectivity index (χ2v) is 7.04. The van der Waals surface area contributed by atoms with Crippen LogP contribution < -0.4 is 5.32 Å². The Morgan fingerprint density at radius 2 is 1.89 bits per heavy atom. The summed E-state index contributed by atoms with van der Waals surface area (Å²) in [6.45, 7) is 9.54. The summed E-state index contributed by atoms with van der Waals surface area (Å²) in [7, 11) is 2.10. The Labute approximate surface area is 115 Å². The number of hydrogen-bond acceptors (Lipinski definition) is 1. The van der Waals surface area contributed by atoms with Crippen molar-refractivity contribution in [3.8, 4) is 0 Å². The fraction of sp³-hybridized carbons (Fsp3) is 1.00. The summed E-state index contributed by atoms with van der Waals surface area (Å²) >= 11 is 0. The summed E-state index contributed by atoms with van der Waals surface area (Å²) < 4.78 is 0. The van der Waals surface area contributed by atoms with Crippen molar-refractivity contribution < 1.29 is 0 Å². The number of unbranched alkanes of at least 4 members (excludes halogenated alkanes) is 2. The van der Waals surface area contributed by atoms with E-state index >= 15 is 0 Å². The highest BCUT2D eigenvalue weighted by Crippen LogP contribution is 2.57. The van der Waals surface area contributed by atoms with Gasteiger partial charge in [-0.15, -0.1) is 0 Å². The van der Waals surface area contributed by atoms with Crippen LogP contribution in [0.1, 0.15) is 79.1 Å². The molecule has 18 heavy (non-hydrogen) atoms. The molecule has 1 saturated carbocycles. The average molecular weight is 253 g/mol. The van der Waals surface area contributed by atoms with Gasteiger partial charge in [-0.05, 0) is 44.1 Å². The molecule has 0 spiro atoms. The van der Waals surface area contributed by atoms with Crippen LogP contribution in [0.25, 0.3) is 0 Å². The Bertz CT molecular complexity index is 226. The maximum atomic E-state index is 3.41. The van der Waals surface area contributed by atoms with Crippen LogP contribution >= 0.6 is 0 Å². The van der Waals surface area contributed by atoms with Crippen LogP contribution in [0.4, 0.5) is 0 Å². The number of nitrogens with one attached hydrogen (secondary N) is 1. The van der Waals surface area contributed by atoms with E-state index in [1.54, 1.807) is 0 Å². The van der Waals surface area contributed by atoms with Gasteiger partial charge in [0.05, 0.1) is 0 Å². The lowest BCUT2D eigenvalue weighted by atomic mass is 9.93. The Morgan fingerprint density at radius 1 is 1.17 bits per heavy atom. The van der Waals surface area contributed by atoms with Gasteiger partial charge >= 0.3 is 0 Å². The Balaban J connectivity index is 2.02. The van der Waals surface area contributed by atoms with E-state index in [0.717, 1.165) is 11.8 Å². The molecular weight excluding hydrogens is 218 g/mol. The van der Waals surface area contributed by atoms with Crippen molar-refractivity contribution in [3.05, 3.63) is 0 Å². The van der Waals surface area contributed by atoms with E-state index in [2.05, 4.69) is 40.1 Å². The van der Waals surface area contributed by atoms with E-state index < -0.39 is 0 Å². The van der Waals surface area contributed by atoms with E-state index in [1.807, 2.05) is 0 Å². The molecule has 0 saturated heterocycles. The molecular formula is C17H35N. The molecule has 108 valence electrons. The average Bonchev–Trinajstić information content (AvgIpc) is 3.01. The zero-order chi connectivity index (χ0) is 13.6. The minimum atomic E-state index is 0.664. The van der Waals surface area contributed by atoms with Gasteiger partial charge < -0.3 is 5.32 Å². The lowest BCUT2D eigenvalue weighted by Crippen LogP contribution is -2.25. The second-order valence-electron chi connectivity index (χ2n) is 7.04. The first-order chi connectivity index (χ1) is 8.53. The minimum Gasteiger partial charge on any atom is -0.317 e. The molecule has 0 radical (unpaired) electrons. The fourth-order valence-corrected chi connectivity index (χ4v) is 3.55. The van der Waals surface area contributed by atoms with Gasteiger partial charge in [0.1, 0.15) is 0 Å². The van der Waals surface area contributed by atoms with E-state index in [0.29, 0.717) is 11.5 Å². The molecule has 1 heteroatoms. The van der Waals surface area contributed by atoms with Crippen molar-refractivity contribution >= 4 is 0 Å². The van der Waals surface area contributed by atoms with Gasteiger partial charge in [-0.25, -0.2) is 0 Å². The van der Waals surface area contributed by atoms with Crippen molar-refractivity contribution in [1.82, 2.24) is 5.32 Å². The molecule has 0 bridgehead atoms. The van der Waals surface area contributed by atoms with Crippen LogP contribution in [0.2, 0.25) is 0 Å². The van der Waals surface area contributed by atoms with Crippen LogP contribution in [0.15, 0.2) is 0 Å². The van der Waals surface area contributed by atoms with Gasteiger partial charge in [0.2, 0.25) is 0 Å². The summed E-state index contributed by atoms with van der Waals surface area (Å²) in [5.74, 6) is 1.88. The van der Waals surface area contributed by atoms with Crippen LogP contribution in [0, 0.1) is 17.3 Å². The maximum Gasteiger partial charge on any atom is 0.00694 e. The zero-order valence-corrected chi connectivity index (χ0v) is 13.4. The molecule has 0 amide bonds. The van der Waals surface area contributed by atoms with E-state index in [-0.39, 0.29) is 0 Å². The Kier molecular flexibility index (Phi) is 6.70. The van der Waals surface area contributed by atoms with Crippen molar-refractivity contribution in [2.24, 2.45) is 17.3 Å². The predicted molar refractivity (Wildman–Crippen MR) is 81.9 cm³/mol. The molecule has 0 aromatic heterocycles. The van der Waals surface area contributed by atoms with E-state index in [9.17, 15) is 0 Å². The first kappa shape index (κ1) is 16.0. The summed E-state index contributed by atoms with van der Waals surface area (Å²) in [4.78, 5) is 0. The van der Waals surface area contributed by atoms with Gasteiger partial charge in [-0.1, -0.05) is 59.3 Å². The summed E-state index contributed by atoms with van der Waals surface area (Å²) in [5, 5.41) is 3.41. The first-order valence-electron chi connectivity index (χ1n) is 8.20. The fourth-order valence-electron chi connectivity index (χ4n) is 3.55. The summed E-state index contributed by atoms with van der Waals surface area (Å²) in [6.07, 6.45) is 11.5. The number of hydrogen-bond donors (Lipinski definition) is 1. The molecule has 1 aliphatic carbocycles. The smallest absolute Gasteiger partial charge is 0.00694 e.